The maximum atomic E-state index is 13.6. The van der Waals surface area contributed by atoms with Gasteiger partial charge in [-0.25, -0.2) is 4.90 Å². The fraction of sp³-hybridized carbons (Fsp3) is 0.0500. The first-order valence-corrected chi connectivity index (χ1v) is 15.3. The molecule has 48 heavy (non-hydrogen) atoms. The molecule has 0 bridgehead atoms. The molecule has 232 valence electrons. The lowest BCUT2D eigenvalue weighted by Gasteiger charge is -2.16. The van der Waals surface area contributed by atoms with E-state index in [9.17, 15) is 19.2 Å². The summed E-state index contributed by atoms with van der Waals surface area (Å²) in [7, 11) is 1.44. The molecule has 0 aromatic heterocycles. The van der Waals surface area contributed by atoms with Crippen LogP contribution in [0.2, 0.25) is 0 Å². The minimum Gasteiger partial charge on any atom is -0.457 e. The predicted octanol–water partition coefficient (Wildman–Crippen LogP) is 8.43. The van der Waals surface area contributed by atoms with Crippen LogP contribution in [0.25, 0.3) is 21.9 Å². The van der Waals surface area contributed by atoms with Crippen LogP contribution in [-0.2, 0) is 0 Å². The van der Waals surface area contributed by atoms with Crippen molar-refractivity contribution in [2.45, 2.75) is 6.92 Å². The van der Waals surface area contributed by atoms with E-state index in [0.29, 0.717) is 50.9 Å². The highest BCUT2D eigenvalue weighted by molar-refractivity contribution is 6.34. The Balaban J connectivity index is 1.05. The lowest BCUT2D eigenvalue weighted by molar-refractivity contribution is 0.0692. The van der Waals surface area contributed by atoms with Crippen LogP contribution in [0.5, 0.6) is 23.0 Å². The van der Waals surface area contributed by atoms with Gasteiger partial charge in [-0.2, -0.15) is 0 Å². The zero-order valence-electron chi connectivity index (χ0n) is 25.9. The second-order valence-corrected chi connectivity index (χ2v) is 11.8. The Hall–Kier alpha value is -6.54. The number of aryl methyl sites for hydroxylation is 1. The van der Waals surface area contributed by atoms with E-state index in [-0.39, 0.29) is 22.9 Å². The number of carbonyl (C=O) groups is 4. The van der Waals surface area contributed by atoms with Crippen molar-refractivity contribution in [1.29, 1.82) is 0 Å². The maximum absolute atomic E-state index is 13.6. The Labute approximate surface area is 275 Å². The Morgan fingerprint density at radius 1 is 0.500 bits per heavy atom. The number of hydrogen-bond acceptors (Lipinski definition) is 6. The summed E-state index contributed by atoms with van der Waals surface area (Å²) >= 11 is 0. The lowest BCUT2D eigenvalue weighted by atomic mass is 9.97. The number of benzene rings is 6. The summed E-state index contributed by atoms with van der Waals surface area (Å²) in [5.41, 5.74) is 4.05. The van der Waals surface area contributed by atoms with Crippen molar-refractivity contribution in [2.24, 2.45) is 0 Å². The summed E-state index contributed by atoms with van der Waals surface area (Å²) in [6.07, 6.45) is 0. The third-order valence-corrected chi connectivity index (χ3v) is 8.69. The zero-order chi connectivity index (χ0) is 33.1. The Kier molecular flexibility index (Phi) is 6.66. The second-order valence-electron chi connectivity index (χ2n) is 11.8. The molecule has 0 saturated heterocycles. The van der Waals surface area contributed by atoms with E-state index in [2.05, 4.69) is 0 Å². The van der Waals surface area contributed by atoms with Crippen LogP contribution in [-0.4, -0.2) is 35.6 Å². The highest BCUT2D eigenvalue weighted by Crippen LogP contribution is 2.38. The third kappa shape index (κ3) is 4.78. The van der Waals surface area contributed by atoms with Gasteiger partial charge in [0.25, 0.3) is 23.6 Å². The number of imide groups is 2. The second kappa shape index (κ2) is 11.1. The molecule has 8 nitrogen and oxygen atoms in total. The zero-order valence-corrected chi connectivity index (χ0v) is 25.9. The SMILES string of the molecule is Cc1ccc(Oc2cc(Oc3ccc(N4C(=O)c5ccc(-c6ccc7c(c6)C(=O)N(C)C7=O)cc5C4=O)cc3)c3ccccc3c2)cc1. The number of carbonyl (C=O) groups excluding carboxylic acids is 4. The Morgan fingerprint density at radius 3 is 1.77 bits per heavy atom. The van der Waals surface area contributed by atoms with Gasteiger partial charge in [0.2, 0.25) is 0 Å². The molecule has 0 unspecified atom stereocenters. The van der Waals surface area contributed by atoms with E-state index in [1.165, 1.54) is 7.05 Å². The smallest absolute Gasteiger partial charge is 0.266 e. The van der Waals surface area contributed by atoms with Crippen molar-refractivity contribution in [3.05, 3.63) is 149 Å². The molecule has 0 saturated carbocycles. The van der Waals surface area contributed by atoms with Gasteiger partial charge in [-0.15, -0.1) is 0 Å². The number of hydrogen-bond donors (Lipinski definition) is 0. The number of fused-ring (bicyclic) bond motifs is 3. The first-order chi connectivity index (χ1) is 23.2. The molecule has 0 aliphatic carbocycles. The normalized spacial score (nSPS) is 13.7. The summed E-state index contributed by atoms with van der Waals surface area (Å²) in [5, 5.41) is 1.85. The highest BCUT2D eigenvalue weighted by Gasteiger charge is 2.37. The summed E-state index contributed by atoms with van der Waals surface area (Å²) < 4.78 is 12.5. The van der Waals surface area contributed by atoms with Crippen molar-refractivity contribution in [1.82, 2.24) is 4.90 Å². The van der Waals surface area contributed by atoms with Crippen LogP contribution < -0.4 is 14.4 Å². The van der Waals surface area contributed by atoms with Gasteiger partial charge in [0.15, 0.2) is 0 Å². The number of anilines is 1. The van der Waals surface area contributed by atoms with E-state index in [1.807, 2.05) is 67.6 Å². The fourth-order valence-corrected chi connectivity index (χ4v) is 6.12. The molecule has 0 fully saturated rings. The van der Waals surface area contributed by atoms with Crippen LogP contribution in [0.1, 0.15) is 47.0 Å². The van der Waals surface area contributed by atoms with Gasteiger partial charge in [-0.05, 0) is 90.2 Å². The summed E-state index contributed by atoms with van der Waals surface area (Å²) in [4.78, 5) is 54.1. The number of ether oxygens (including phenoxy) is 2. The molecule has 2 heterocycles. The largest absolute Gasteiger partial charge is 0.457 e. The Morgan fingerprint density at radius 2 is 1.06 bits per heavy atom. The van der Waals surface area contributed by atoms with Gasteiger partial charge < -0.3 is 9.47 Å². The van der Waals surface area contributed by atoms with E-state index in [1.54, 1.807) is 60.7 Å². The van der Waals surface area contributed by atoms with Crippen LogP contribution >= 0.6 is 0 Å². The van der Waals surface area contributed by atoms with E-state index < -0.39 is 11.8 Å². The van der Waals surface area contributed by atoms with E-state index in [0.717, 1.165) is 26.1 Å². The average molecular weight is 631 g/mol. The summed E-state index contributed by atoms with van der Waals surface area (Å²) in [6.45, 7) is 2.02. The van der Waals surface area contributed by atoms with Gasteiger partial charge >= 0.3 is 0 Å². The first-order valence-electron chi connectivity index (χ1n) is 15.3. The van der Waals surface area contributed by atoms with Gasteiger partial charge in [-0.3, -0.25) is 24.1 Å². The minimum atomic E-state index is -0.454. The molecule has 6 aromatic rings. The van der Waals surface area contributed by atoms with Crippen LogP contribution in [0, 0.1) is 6.92 Å². The fourth-order valence-electron chi connectivity index (χ4n) is 6.12. The van der Waals surface area contributed by atoms with Crippen molar-refractivity contribution < 1.29 is 28.7 Å². The van der Waals surface area contributed by atoms with Crippen molar-refractivity contribution in [3.8, 4) is 34.1 Å². The van der Waals surface area contributed by atoms with Crippen molar-refractivity contribution >= 4 is 40.1 Å². The molecule has 6 aromatic carbocycles. The molecule has 4 amide bonds. The number of rotatable bonds is 6. The number of amides is 4. The van der Waals surface area contributed by atoms with Gasteiger partial charge in [0, 0.05) is 18.5 Å². The highest BCUT2D eigenvalue weighted by atomic mass is 16.5. The minimum absolute atomic E-state index is 0.259. The topological polar surface area (TPSA) is 93.2 Å². The van der Waals surface area contributed by atoms with Crippen molar-refractivity contribution in [2.75, 3.05) is 11.9 Å². The summed E-state index contributed by atoms with van der Waals surface area (Å²) in [6, 6.07) is 36.2. The molecule has 2 aliphatic rings. The molecule has 8 rings (SSSR count). The average Bonchev–Trinajstić information content (AvgIpc) is 3.48. The maximum Gasteiger partial charge on any atom is 0.266 e. The van der Waals surface area contributed by atoms with Crippen LogP contribution in [0.4, 0.5) is 5.69 Å². The summed E-state index contributed by atoms with van der Waals surface area (Å²) in [5.74, 6) is 0.846. The van der Waals surface area contributed by atoms with Gasteiger partial charge in [0.1, 0.15) is 23.0 Å². The van der Waals surface area contributed by atoms with Crippen molar-refractivity contribution in [3.63, 3.8) is 0 Å². The molecule has 2 aliphatic heterocycles. The lowest BCUT2D eigenvalue weighted by Crippen LogP contribution is -2.29. The molecule has 0 spiro atoms. The molecular formula is C40H26N2O6. The molecule has 0 N–H and O–H groups in total. The van der Waals surface area contributed by atoms with E-state index in [4.69, 9.17) is 9.47 Å². The molecule has 0 atom stereocenters. The van der Waals surface area contributed by atoms with Crippen LogP contribution in [0.3, 0.4) is 0 Å². The quantitative estimate of drug-likeness (QED) is 0.172. The first kappa shape index (κ1) is 28.9. The van der Waals surface area contributed by atoms with Gasteiger partial charge in [0.05, 0.1) is 27.9 Å². The molecular weight excluding hydrogens is 604 g/mol. The monoisotopic (exact) mass is 630 g/mol. The third-order valence-electron chi connectivity index (χ3n) is 8.69. The molecule has 0 radical (unpaired) electrons. The number of nitrogens with zero attached hydrogens (tertiary/aromatic N) is 2. The molecule has 8 heteroatoms. The Bertz CT molecular complexity index is 2340. The van der Waals surface area contributed by atoms with Gasteiger partial charge in [-0.1, -0.05) is 54.1 Å². The van der Waals surface area contributed by atoms with E-state index >= 15 is 0 Å². The standard InChI is InChI=1S/C40H26N2O6/c1-23-7-13-28(14-8-23)47-30-19-26-5-3-4-6-31(26)36(22-30)48-29-15-11-27(12-16-29)42-39(45)33-18-10-25(21-35(33)40(42)46)24-9-17-32-34(20-24)38(44)41(2)37(32)43/h3-22H,1-2H3. The predicted molar refractivity (Wildman–Crippen MR) is 181 cm³/mol. The van der Waals surface area contributed by atoms with Crippen LogP contribution in [0.15, 0.2) is 121 Å².